The van der Waals surface area contributed by atoms with Gasteiger partial charge in [-0.25, -0.2) is 4.98 Å². The number of anilines is 1. The molecule has 3 N–H and O–H groups in total. The number of carbonyl (C=O) groups is 3. The molecule has 0 bridgehead atoms. The first-order valence-corrected chi connectivity index (χ1v) is 11.3. The fourth-order valence-corrected chi connectivity index (χ4v) is 4.91. The molecule has 1 aromatic carbocycles. The van der Waals surface area contributed by atoms with Crippen molar-refractivity contribution in [3.05, 3.63) is 58.8 Å². The first-order valence-electron chi connectivity index (χ1n) is 11.3. The molecule has 1 unspecified atom stereocenters. The molecule has 4 heterocycles. The van der Waals surface area contributed by atoms with E-state index in [4.69, 9.17) is 0 Å². The fourth-order valence-electron chi connectivity index (χ4n) is 4.91. The number of nitrogens with zero attached hydrogens (tertiary/aromatic N) is 2. The van der Waals surface area contributed by atoms with E-state index in [2.05, 4.69) is 27.0 Å². The van der Waals surface area contributed by atoms with Crippen molar-refractivity contribution in [3.8, 4) is 0 Å². The van der Waals surface area contributed by atoms with Crippen molar-refractivity contribution in [1.29, 1.82) is 0 Å². The molecule has 32 heavy (non-hydrogen) atoms. The maximum atomic E-state index is 13.0. The van der Waals surface area contributed by atoms with Crippen molar-refractivity contribution in [2.24, 2.45) is 0 Å². The van der Waals surface area contributed by atoms with Gasteiger partial charge in [0.1, 0.15) is 11.9 Å². The Hall–Kier alpha value is -3.26. The van der Waals surface area contributed by atoms with Crippen LogP contribution in [0.4, 0.5) is 5.82 Å². The van der Waals surface area contributed by atoms with Crippen molar-refractivity contribution in [3.63, 3.8) is 0 Å². The van der Waals surface area contributed by atoms with Gasteiger partial charge in [0.25, 0.3) is 5.91 Å². The van der Waals surface area contributed by atoms with Gasteiger partial charge in [-0.3, -0.25) is 19.7 Å². The van der Waals surface area contributed by atoms with Crippen LogP contribution in [0.1, 0.15) is 58.6 Å². The second-order valence-corrected chi connectivity index (χ2v) is 8.70. The summed E-state index contributed by atoms with van der Waals surface area (Å²) in [6.45, 7) is 3.02. The smallest absolute Gasteiger partial charge is 0.255 e. The van der Waals surface area contributed by atoms with Crippen LogP contribution in [0.5, 0.6) is 0 Å². The quantitative estimate of drug-likeness (QED) is 0.623. The zero-order chi connectivity index (χ0) is 22.1. The summed E-state index contributed by atoms with van der Waals surface area (Å²) in [5.41, 5.74) is 3.85. The summed E-state index contributed by atoms with van der Waals surface area (Å²) in [7, 11) is 0. The van der Waals surface area contributed by atoms with Crippen LogP contribution in [0, 0.1) is 0 Å². The summed E-state index contributed by atoms with van der Waals surface area (Å²) in [4.78, 5) is 42.9. The summed E-state index contributed by atoms with van der Waals surface area (Å²) >= 11 is 0. The van der Waals surface area contributed by atoms with Crippen molar-refractivity contribution in [2.75, 3.05) is 18.4 Å². The van der Waals surface area contributed by atoms with Crippen LogP contribution in [0.15, 0.2) is 36.5 Å². The van der Waals surface area contributed by atoms with Crippen molar-refractivity contribution in [1.82, 2.24) is 20.5 Å². The van der Waals surface area contributed by atoms with Gasteiger partial charge in [-0.1, -0.05) is 18.2 Å². The number of imide groups is 1. The number of carbonyl (C=O) groups excluding carboxylic acids is 3. The maximum absolute atomic E-state index is 13.0. The highest BCUT2D eigenvalue weighted by Gasteiger charge is 2.39. The van der Waals surface area contributed by atoms with E-state index >= 15 is 0 Å². The van der Waals surface area contributed by atoms with Crippen molar-refractivity contribution in [2.45, 2.75) is 50.7 Å². The Bertz CT molecular complexity index is 1050. The third-order valence-electron chi connectivity index (χ3n) is 6.74. The molecule has 1 aromatic heterocycles. The average molecular weight is 434 g/mol. The molecule has 2 aromatic rings. The molecular formula is C24H27N5O3. The van der Waals surface area contributed by atoms with Gasteiger partial charge in [-0.15, -0.1) is 0 Å². The van der Waals surface area contributed by atoms with Gasteiger partial charge in [0, 0.05) is 31.3 Å². The summed E-state index contributed by atoms with van der Waals surface area (Å²) in [6, 6.07) is 9.24. The van der Waals surface area contributed by atoms with E-state index in [1.54, 1.807) is 11.0 Å². The third kappa shape index (κ3) is 3.98. The molecule has 8 heteroatoms. The van der Waals surface area contributed by atoms with E-state index in [0.717, 1.165) is 42.9 Å². The zero-order valence-electron chi connectivity index (χ0n) is 17.9. The number of piperidine rings is 2. The number of aromatic nitrogens is 1. The molecule has 5 rings (SSSR count). The van der Waals surface area contributed by atoms with Crippen LogP contribution in [-0.2, 0) is 22.7 Å². The predicted molar refractivity (Wildman–Crippen MR) is 119 cm³/mol. The first-order chi connectivity index (χ1) is 15.6. The lowest BCUT2D eigenvalue weighted by molar-refractivity contribution is -0.136. The lowest BCUT2D eigenvalue weighted by Gasteiger charge is -2.29. The zero-order valence-corrected chi connectivity index (χ0v) is 17.9. The van der Waals surface area contributed by atoms with Crippen molar-refractivity contribution < 1.29 is 14.4 Å². The Morgan fingerprint density at radius 3 is 2.66 bits per heavy atom. The van der Waals surface area contributed by atoms with Gasteiger partial charge in [0.05, 0.1) is 0 Å². The number of rotatable bonds is 5. The average Bonchev–Trinajstić information content (AvgIpc) is 3.15. The van der Waals surface area contributed by atoms with Gasteiger partial charge in [-0.05, 0) is 67.1 Å². The monoisotopic (exact) mass is 433 g/mol. The molecule has 0 saturated carbocycles. The highest BCUT2D eigenvalue weighted by Crippen LogP contribution is 2.30. The molecular weight excluding hydrogens is 406 g/mol. The van der Waals surface area contributed by atoms with Gasteiger partial charge in [-0.2, -0.15) is 0 Å². The minimum absolute atomic E-state index is 0.152. The molecule has 3 aliphatic heterocycles. The fraction of sp³-hybridized carbons (Fsp3) is 0.417. The number of nitrogens with one attached hydrogen (secondary N) is 3. The predicted octanol–water partition coefficient (Wildman–Crippen LogP) is 1.92. The molecule has 3 aliphatic rings. The van der Waals surface area contributed by atoms with E-state index in [1.807, 2.05) is 24.4 Å². The number of amides is 3. The van der Waals surface area contributed by atoms with Gasteiger partial charge in [0.15, 0.2) is 0 Å². The van der Waals surface area contributed by atoms with Crippen LogP contribution >= 0.6 is 0 Å². The minimum atomic E-state index is -0.599. The number of fused-ring (bicyclic) bond motifs is 1. The molecule has 166 valence electrons. The van der Waals surface area contributed by atoms with E-state index in [0.29, 0.717) is 31.0 Å². The Balaban J connectivity index is 1.27. The summed E-state index contributed by atoms with van der Waals surface area (Å²) in [6.07, 6.45) is 4.86. The molecule has 0 radical (unpaired) electrons. The minimum Gasteiger partial charge on any atom is -0.366 e. The molecule has 3 amide bonds. The maximum Gasteiger partial charge on any atom is 0.255 e. The molecule has 8 nitrogen and oxygen atoms in total. The van der Waals surface area contributed by atoms with E-state index in [9.17, 15) is 14.4 Å². The van der Waals surface area contributed by atoms with Gasteiger partial charge < -0.3 is 15.5 Å². The van der Waals surface area contributed by atoms with Crippen molar-refractivity contribution >= 4 is 23.5 Å². The van der Waals surface area contributed by atoms with Crippen LogP contribution in [0.2, 0.25) is 0 Å². The molecule has 0 aliphatic carbocycles. The van der Waals surface area contributed by atoms with E-state index in [1.165, 1.54) is 5.56 Å². The summed E-state index contributed by atoms with van der Waals surface area (Å²) in [5, 5.41) is 9.10. The van der Waals surface area contributed by atoms with Crippen LogP contribution in [0.25, 0.3) is 0 Å². The second-order valence-electron chi connectivity index (χ2n) is 8.70. The van der Waals surface area contributed by atoms with Gasteiger partial charge >= 0.3 is 0 Å². The number of pyridine rings is 1. The summed E-state index contributed by atoms with van der Waals surface area (Å²) < 4.78 is 0. The highest BCUT2D eigenvalue weighted by atomic mass is 16.2. The topological polar surface area (TPSA) is 103 Å². The SMILES string of the molecule is O=C1CCC(N2Cc3c(CNc4ccc(C5CCNCC5)cn4)cccc3C2=O)C(=O)N1. The Kier molecular flexibility index (Phi) is 5.61. The Morgan fingerprint density at radius 2 is 1.91 bits per heavy atom. The van der Waals surface area contributed by atoms with Crippen LogP contribution in [0.3, 0.4) is 0 Å². The standard InChI is InChI=1S/C24H27N5O3/c30-22-7-5-20(23(31)28-22)29-14-19-17(2-1-3-18(19)24(29)32)13-27-21-6-4-16(12-26-21)15-8-10-25-11-9-15/h1-4,6,12,15,20,25H,5,7-11,13-14H2,(H,26,27)(H,28,30,31). The van der Waals surface area contributed by atoms with Crippen LogP contribution in [-0.4, -0.2) is 46.7 Å². The molecule has 0 spiro atoms. The third-order valence-corrected chi connectivity index (χ3v) is 6.74. The Labute approximate surface area is 186 Å². The van der Waals surface area contributed by atoms with Crippen LogP contribution < -0.4 is 16.0 Å². The van der Waals surface area contributed by atoms with E-state index in [-0.39, 0.29) is 24.1 Å². The number of benzene rings is 1. The molecule has 1 atom stereocenters. The molecule has 2 fully saturated rings. The number of hydrogen-bond donors (Lipinski definition) is 3. The van der Waals surface area contributed by atoms with Gasteiger partial charge in [0.2, 0.25) is 11.8 Å². The lowest BCUT2D eigenvalue weighted by Crippen LogP contribution is -2.52. The largest absolute Gasteiger partial charge is 0.366 e. The highest BCUT2D eigenvalue weighted by molar-refractivity contribution is 6.05. The Morgan fingerprint density at radius 1 is 1.06 bits per heavy atom. The summed E-state index contributed by atoms with van der Waals surface area (Å²) in [5.74, 6) is 0.547. The normalized spacial score (nSPS) is 21.4. The number of hydrogen-bond acceptors (Lipinski definition) is 6. The molecule has 2 saturated heterocycles. The van der Waals surface area contributed by atoms with E-state index < -0.39 is 6.04 Å². The first kappa shape index (κ1) is 20.6. The second kappa shape index (κ2) is 8.70. The lowest BCUT2D eigenvalue weighted by atomic mass is 9.91.